The van der Waals surface area contributed by atoms with E-state index in [1.54, 1.807) is 29.5 Å². The fourth-order valence-corrected chi connectivity index (χ4v) is 2.88. The van der Waals surface area contributed by atoms with Crippen molar-refractivity contribution in [3.05, 3.63) is 44.3 Å². The van der Waals surface area contributed by atoms with Crippen molar-refractivity contribution in [1.82, 2.24) is 10.3 Å². The number of nitrogens with zero attached hydrogens (tertiary/aromatic N) is 1. The van der Waals surface area contributed by atoms with Crippen molar-refractivity contribution in [3.8, 4) is 0 Å². The summed E-state index contributed by atoms with van der Waals surface area (Å²) in [5.41, 5.74) is 1.49. The number of hydrogen-bond acceptors (Lipinski definition) is 4. The maximum Gasteiger partial charge on any atom is 0.238 e. The zero-order valence-corrected chi connectivity index (χ0v) is 13.8. The minimum Gasteiger partial charge on any atom is -0.322 e. The average Bonchev–Trinajstić information content (AvgIpc) is 2.85. The monoisotopic (exact) mass is 343 g/mol. The first-order chi connectivity index (χ1) is 10.1. The van der Waals surface area contributed by atoms with Gasteiger partial charge in [0.05, 0.1) is 33.0 Å². The van der Waals surface area contributed by atoms with Crippen molar-refractivity contribution in [2.45, 2.75) is 13.3 Å². The summed E-state index contributed by atoms with van der Waals surface area (Å²) in [7, 11) is 0. The molecule has 0 atom stereocenters. The third-order valence-electron chi connectivity index (χ3n) is 2.74. The van der Waals surface area contributed by atoms with E-state index >= 15 is 0 Å². The van der Waals surface area contributed by atoms with Crippen LogP contribution in [0.5, 0.6) is 0 Å². The summed E-state index contributed by atoms with van der Waals surface area (Å²) in [6, 6.07) is 5.09. The van der Waals surface area contributed by atoms with Crippen molar-refractivity contribution in [2.75, 3.05) is 18.4 Å². The number of carbonyl (C=O) groups excluding carboxylic acids is 1. The van der Waals surface area contributed by atoms with Crippen molar-refractivity contribution in [2.24, 2.45) is 0 Å². The molecule has 2 N–H and O–H groups in total. The number of halogens is 2. The summed E-state index contributed by atoms with van der Waals surface area (Å²) in [6.45, 7) is 2.86. The average molecular weight is 344 g/mol. The summed E-state index contributed by atoms with van der Waals surface area (Å²) in [4.78, 5) is 16.2. The molecule has 0 fully saturated rings. The van der Waals surface area contributed by atoms with Crippen LogP contribution in [0.25, 0.3) is 0 Å². The molecule has 112 valence electrons. The first-order valence-electron chi connectivity index (χ1n) is 6.42. The van der Waals surface area contributed by atoms with E-state index in [0.717, 1.165) is 17.1 Å². The molecule has 1 heterocycles. The molecule has 0 spiro atoms. The molecule has 21 heavy (non-hydrogen) atoms. The number of hydrogen-bond donors (Lipinski definition) is 2. The Morgan fingerprint density at radius 2 is 2.05 bits per heavy atom. The second-order valence-corrected chi connectivity index (χ2v) is 6.31. The molecule has 2 aromatic rings. The molecular weight excluding hydrogens is 329 g/mol. The van der Waals surface area contributed by atoms with Gasteiger partial charge in [-0.1, -0.05) is 29.3 Å². The van der Waals surface area contributed by atoms with Gasteiger partial charge in [0.15, 0.2) is 0 Å². The SMILES string of the molecule is Cc1nc(CCNCC(=O)Nc2c(Cl)cccc2Cl)cs1. The Kier molecular flexibility index (Phi) is 5.99. The summed E-state index contributed by atoms with van der Waals surface area (Å²) < 4.78 is 0. The van der Waals surface area contributed by atoms with E-state index in [4.69, 9.17) is 23.2 Å². The first kappa shape index (κ1) is 16.2. The van der Waals surface area contributed by atoms with Gasteiger partial charge in [-0.25, -0.2) is 4.98 Å². The first-order valence-corrected chi connectivity index (χ1v) is 8.05. The van der Waals surface area contributed by atoms with E-state index in [9.17, 15) is 4.79 Å². The third-order valence-corrected chi connectivity index (χ3v) is 4.19. The number of aryl methyl sites for hydroxylation is 1. The van der Waals surface area contributed by atoms with Gasteiger partial charge in [-0.2, -0.15) is 0 Å². The van der Waals surface area contributed by atoms with Gasteiger partial charge >= 0.3 is 0 Å². The van der Waals surface area contributed by atoms with Gasteiger partial charge in [-0.15, -0.1) is 11.3 Å². The number of carbonyl (C=O) groups is 1. The molecule has 0 aliphatic heterocycles. The predicted molar refractivity (Wildman–Crippen MR) is 88.5 cm³/mol. The molecule has 0 unspecified atom stereocenters. The zero-order valence-electron chi connectivity index (χ0n) is 11.5. The standard InChI is InChI=1S/C14H15Cl2N3OS/c1-9-18-10(8-21-9)5-6-17-7-13(20)19-14-11(15)3-2-4-12(14)16/h2-4,8,17H,5-7H2,1H3,(H,19,20). The second kappa shape index (κ2) is 7.75. The smallest absolute Gasteiger partial charge is 0.238 e. The van der Waals surface area contributed by atoms with E-state index in [0.29, 0.717) is 22.3 Å². The van der Waals surface area contributed by atoms with Crippen LogP contribution in [0.1, 0.15) is 10.7 Å². The Bertz CT molecular complexity index is 610. The normalized spacial score (nSPS) is 10.6. The summed E-state index contributed by atoms with van der Waals surface area (Å²) in [5, 5.41) is 9.70. The van der Waals surface area contributed by atoms with Crippen molar-refractivity contribution < 1.29 is 4.79 Å². The molecule has 7 heteroatoms. The number of rotatable bonds is 6. The van der Waals surface area contributed by atoms with Gasteiger partial charge in [0, 0.05) is 18.3 Å². The molecule has 0 radical (unpaired) electrons. The van der Waals surface area contributed by atoms with Gasteiger partial charge in [-0.3, -0.25) is 4.79 Å². The maximum absolute atomic E-state index is 11.8. The van der Waals surface area contributed by atoms with Gasteiger partial charge in [0.1, 0.15) is 0 Å². The molecule has 1 aromatic heterocycles. The van der Waals surface area contributed by atoms with E-state index in [2.05, 4.69) is 15.6 Å². The third kappa shape index (κ3) is 4.97. The lowest BCUT2D eigenvalue weighted by molar-refractivity contribution is -0.115. The van der Waals surface area contributed by atoms with Gasteiger partial charge < -0.3 is 10.6 Å². The number of para-hydroxylation sites is 1. The van der Waals surface area contributed by atoms with E-state index in [1.165, 1.54) is 0 Å². The number of nitrogens with one attached hydrogen (secondary N) is 2. The van der Waals surface area contributed by atoms with E-state index in [1.807, 2.05) is 12.3 Å². The van der Waals surface area contributed by atoms with E-state index in [-0.39, 0.29) is 12.5 Å². The number of aromatic nitrogens is 1. The maximum atomic E-state index is 11.8. The number of benzene rings is 1. The predicted octanol–water partition coefficient (Wildman–Crippen LogP) is 3.53. The molecule has 0 aliphatic carbocycles. The Balaban J connectivity index is 1.75. The Labute approximate surface area is 137 Å². The Hall–Kier alpha value is -1.14. The van der Waals surface area contributed by atoms with Crippen LogP contribution in [0.3, 0.4) is 0 Å². The molecule has 1 amide bonds. The summed E-state index contributed by atoms with van der Waals surface area (Å²) in [5.74, 6) is -0.181. The van der Waals surface area contributed by atoms with Gasteiger partial charge in [0.25, 0.3) is 0 Å². The van der Waals surface area contributed by atoms with Crippen LogP contribution < -0.4 is 10.6 Å². The molecule has 4 nitrogen and oxygen atoms in total. The molecule has 0 aliphatic rings. The van der Waals surface area contributed by atoms with E-state index < -0.39 is 0 Å². The highest BCUT2D eigenvalue weighted by Gasteiger charge is 2.09. The molecule has 0 saturated carbocycles. The van der Waals surface area contributed by atoms with Crippen molar-refractivity contribution in [3.63, 3.8) is 0 Å². The van der Waals surface area contributed by atoms with Crippen LogP contribution in [-0.2, 0) is 11.2 Å². The lowest BCUT2D eigenvalue weighted by atomic mass is 10.3. The zero-order chi connectivity index (χ0) is 15.2. The van der Waals surface area contributed by atoms with Crippen molar-refractivity contribution in [1.29, 1.82) is 0 Å². The number of anilines is 1. The molecule has 1 aromatic carbocycles. The minimum absolute atomic E-state index is 0.181. The highest BCUT2D eigenvalue weighted by atomic mass is 35.5. The Morgan fingerprint density at radius 1 is 1.33 bits per heavy atom. The van der Waals surface area contributed by atoms with Crippen LogP contribution in [0, 0.1) is 6.92 Å². The largest absolute Gasteiger partial charge is 0.322 e. The number of amides is 1. The lowest BCUT2D eigenvalue weighted by Gasteiger charge is -2.09. The second-order valence-electron chi connectivity index (χ2n) is 4.43. The Morgan fingerprint density at radius 3 is 2.67 bits per heavy atom. The molecule has 0 saturated heterocycles. The van der Waals surface area contributed by atoms with Crippen LogP contribution in [0.15, 0.2) is 23.6 Å². The van der Waals surface area contributed by atoms with Crippen molar-refractivity contribution >= 4 is 46.1 Å². The quantitative estimate of drug-likeness (QED) is 0.789. The fraction of sp³-hybridized carbons (Fsp3) is 0.286. The molecular formula is C14H15Cl2N3OS. The van der Waals surface area contributed by atoms with Crippen LogP contribution in [0.4, 0.5) is 5.69 Å². The van der Waals surface area contributed by atoms with Crippen LogP contribution in [0.2, 0.25) is 10.0 Å². The van der Waals surface area contributed by atoms with Crippen LogP contribution in [-0.4, -0.2) is 24.0 Å². The molecule has 2 rings (SSSR count). The summed E-state index contributed by atoms with van der Waals surface area (Å²) >= 11 is 13.6. The van der Waals surface area contributed by atoms with Gasteiger partial charge in [-0.05, 0) is 19.1 Å². The summed E-state index contributed by atoms with van der Waals surface area (Å²) in [6.07, 6.45) is 0.796. The van der Waals surface area contributed by atoms with Crippen LogP contribution >= 0.6 is 34.5 Å². The minimum atomic E-state index is -0.181. The molecule has 0 bridgehead atoms. The fourth-order valence-electron chi connectivity index (χ4n) is 1.74. The highest BCUT2D eigenvalue weighted by Crippen LogP contribution is 2.29. The highest BCUT2D eigenvalue weighted by molar-refractivity contribution is 7.09. The topological polar surface area (TPSA) is 54.0 Å². The number of thiazole rings is 1. The lowest BCUT2D eigenvalue weighted by Crippen LogP contribution is -2.29. The van der Waals surface area contributed by atoms with Gasteiger partial charge in [0.2, 0.25) is 5.91 Å².